The molecule has 1 fully saturated rings. The SMILES string of the molecule is C[C@H]1CN(S(=O)(=O)c2cc([N+](=O)[O-])ccc2N/N=C\c2ccc3c(c2)OCO3)C[C@H](C)O1. The van der Waals surface area contributed by atoms with Gasteiger partial charge in [-0.3, -0.25) is 15.5 Å². The van der Waals surface area contributed by atoms with E-state index in [0.29, 0.717) is 17.1 Å². The lowest BCUT2D eigenvalue weighted by Gasteiger charge is -2.34. The molecule has 1 saturated heterocycles. The first-order valence-corrected chi connectivity index (χ1v) is 11.3. The maximum Gasteiger partial charge on any atom is 0.270 e. The number of hydrogen-bond donors (Lipinski definition) is 1. The van der Waals surface area contributed by atoms with Crippen LogP contribution in [0.2, 0.25) is 0 Å². The molecule has 2 aliphatic heterocycles. The molecule has 0 aliphatic carbocycles. The molecule has 2 heterocycles. The lowest BCUT2D eigenvalue weighted by Crippen LogP contribution is -2.48. The minimum atomic E-state index is -4.04. The average molecular weight is 462 g/mol. The summed E-state index contributed by atoms with van der Waals surface area (Å²) in [6, 6.07) is 8.84. The number of rotatable bonds is 6. The second kappa shape index (κ2) is 8.73. The summed E-state index contributed by atoms with van der Waals surface area (Å²) in [7, 11) is -4.04. The molecule has 2 aromatic carbocycles. The number of morpholine rings is 1. The van der Waals surface area contributed by atoms with E-state index in [-0.39, 0.29) is 48.4 Å². The molecule has 0 aromatic heterocycles. The fourth-order valence-electron chi connectivity index (χ4n) is 3.57. The van der Waals surface area contributed by atoms with Crippen molar-refractivity contribution < 1.29 is 27.6 Å². The standard InChI is InChI=1S/C20H22N4O7S/c1-13-10-23(11-14(2)31-13)32(27,28)20-8-16(24(25)26)4-5-17(20)22-21-9-15-3-6-18-19(7-15)30-12-29-18/h3-9,13-14,22H,10-12H2,1-2H3/b21-9-/t13-,14-/m0/s1. The third-order valence-corrected chi connectivity index (χ3v) is 6.85. The lowest BCUT2D eigenvalue weighted by molar-refractivity contribution is -0.385. The Morgan fingerprint density at radius 3 is 2.56 bits per heavy atom. The molecule has 0 saturated carbocycles. The monoisotopic (exact) mass is 462 g/mol. The van der Waals surface area contributed by atoms with Gasteiger partial charge in [0, 0.05) is 25.2 Å². The number of hydrazone groups is 1. The van der Waals surface area contributed by atoms with Gasteiger partial charge in [-0.1, -0.05) is 0 Å². The fourth-order valence-corrected chi connectivity index (χ4v) is 5.32. The number of ether oxygens (including phenoxy) is 3. The molecule has 4 rings (SSSR count). The van der Waals surface area contributed by atoms with E-state index in [4.69, 9.17) is 14.2 Å². The third kappa shape index (κ3) is 4.52. The van der Waals surface area contributed by atoms with Crippen LogP contribution in [0, 0.1) is 10.1 Å². The van der Waals surface area contributed by atoms with Crippen molar-refractivity contribution in [2.75, 3.05) is 25.3 Å². The summed E-state index contributed by atoms with van der Waals surface area (Å²) in [5.74, 6) is 1.22. The minimum absolute atomic E-state index is 0.124. The van der Waals surface area contributed by atoms with E-state index in [2.05, 4.69) is 10.5 Å². The second-order valence-corrected chi connectivity index (χ2v) is 9.41. The third-order valence-electron chi connectivity index (χ3n) is 4.98. The van der Waals surface area contributed by atoms with Crippen LogP contribution in [0.25, 0.3) is 0 Å². The number of nitrogens with one attached hydrogen (secondary N) is 1. The zero-order chi connectivity index (χ0) is 22.9. The Bertz CT molecular complexity index is 1160. The number of nitro groups is 1. The smallest absolute Gasteiger partial charge is 0.270 e. The molecule has 0 radical (unpaired) electrons. The van der Waals surface area contributed by atoms with Crippen LogP contribution < -0.4 is 14.9 Å². The Morgan fingerprint density at radius 2 is 1.84 bits per heavy atom. The normalized spacial score (nSPS) is 21.1. The van der Waals surface area contributed by atoms with E-state index < -0.39 is 14.9 Å². The van der Waals surface area contributed by atoms with Crippen molar-refractivity contribution in [3.8, 4) is 11.5 Å². The zero-order valence-corrected chi connectivity index (χ0v) is 18.2. The Labute approximate surface area is 184 Å². The summed E-state index contributed by atoms with van der Waals surface area (Å²) in [5, 5.41) is 15.4. The minimum Gasteiger partial charge on any atom is -0.454 e. The number of non-ortho nitro benzene ring substituents is 1. The Kier molecular flexibility index (Phi) is 6.00. The van der Waals surface area contributed by atoms with Crippen LogP contribution in [0.4, 0.5) is 11.4 Å². The summed E-state index contributed by atoms with van der Waals surface area (Å²) in [6.07, 6.45) is 0.888. The molecule has 2 atom stereocenters. The molecule has 0 spiro atoms. The number of hydrogen-bond acceptors (Lipinski definition) is 9. The van der Waals surface area contributed by atoms with Crippen molar-refractivity contribution in [1.82, 2.24) is 4.31 Å². The predicted molar refractivity (Wildman–Crippen MR) is 116 cm³/mol. The van der Waals surface area contributed by atoms with Gasteiger partial charge in [0.2, 0.25) is 16.8 Å². The van der Waals surface area contributed by atoms with Crippen LogP contribution in [0.3, 0.4) is 0 Å². The molecule has 32 heavy (non-hydrogen) atoms. The van der Waals surface area contributed by atoms with Crippen LogP contribution in [0.1, 0.15) is 19.4 Å². The van der Waals surface area contributed by atoms with Gasteiger partial charge >= 0.3 is 0 Å². The number of anilines is 1. The predicted octanol–water partition coefficient (Wildman–Crippen LogP) is 2.57. The Balaban J connectivity index is 1.63. The van der Waals surface area contributed by atoms with E-state index in [0.717, 1.165) is 6.07 Å². The number of benzene rings is 2. The van der Waals surface area contributed by atoms with Gasteiger partial charge in [0.25, 0.3) is 5.69 Å². The average Bonchev–Trinajstić information content (AvgIpc) is 3.21. The maximum absolute atomic E-state index is 13.4. The van der Waals surface area contributed by atoms with Gasteiger partial charge in [0.05, 0.1) is 29.0 Å². The van der Waals surface area contributed by atoms with Gasteiger partial charge < -0.3 is 14.2 Å². The largest absolute Gasteiger partial charge is 0.454 e. The Hall–Kier alpha value is -3.22. The first-order valence-electron chi connectivity index (χ1n) is 9.87. The maximum atomic E-state index is 13.4. The van der Waals surface area contributed by atoms with E-state index in [9.17, 15) is 18.5 Å². The quantitative estimate of drug-likeness (QED) is 0.393. The van der Waals surface area contributed by atoms with Crippen LogP contribution in [0.5, 0.6) is 11.5 Å². The van der Waals surface area contributed by atoms with Gasteiger partial charge in [0.15, 0.2) is 11.5 Å². The first kappa shape index (κ1) is 22.0. The highest BCUT2D eigenvalue weighted by atomic mass is 32.2. The van der Waals surface area contributed by atoms with Gasteiger partial charge in [-0.15, -0.1) is 0 Å². The molecular weight excluding hydrogens is 440 g/mol. The van der Waals surface area contributed by atoms with Gasteiger partial charge in [-0.05, 0) is 43.7 Å². The van der Waals surface area contributed by atoms with Crippen molar-refractivity contribution in [2.45, 2.75) is 31.0 Å². The molecule has 2 aliphatic rings. The van der Waals surface area contributed by atoms with E-state index in [1.807, 2.05) is 0 Å². The molecule has 2 aromatic rings. The molecule has 11 nitrogen and oxygen atoms in total. The summed E-state index contributed by atoms with van der Waals surface area (Å²) >= 11 is 0. The summed E-state index contributed by atoms with van der Waals surface area (Å²) in [4.78, 5) is 10.4. The number of nitrogens with zero attached hydrogens (tertiary/aromatic N) is 3. The van der Waals surface area contributed by atoms with Crippen LogP contribution in [-0.4, -0.2) is 56.0 Å². The highest BCUT2D eigenvalue weighted by Gasteiger charge is 2.34. The molecule has 1 N–H and O–H groups in total. The highest BCUT2D eigenvalue weighted by Crippen LogP contribution is 2.33. The van der Waals surface area contributed by atoms with E-state index >= 15 is 0 Å². The molecule has 12 heteroatoms. The topological polar surface area (TPSA) is 133 Å². The van der Waals surface area contributed by atoms with Crippen LogP contribution in [0.15, 0.2) is 46.4 Å². The van der Waals surface area contributed by atoms with E-state index in [1.165, 1.54) is 22.7 Å². The van der Waals surface area contributed by atoms with E-state index in [1.54, 1.807) is 32.0 Å². The van der Waals surface area contributed by atoms with Gasteiger partial charge in [0.1, 0.15) is 4.90 Å². The second-order valence-electron chi connectivity index (χ2n) is 7.50. The number of fused-ring (bicyclic) bond motifs is 1. The van der Waals surface area contributed by atoms with Crippen molar-refractivity contribution in [3.05, 3.63) is 52.1 Å². The molecule has 0 bridgehead atoms. The molecule has 0 amide bonds. The fraction of sp³-hybridized carbons (Fsp3) is 0.350. The molecular formula is C20H22N4O7S. The van der Waals surface area contributed by atoms with Crippen LogP contribution in [-0.2, 0) is 14.8 Å². The van der Waals surface area contributed by atoms with Crippen LogP contribution >= 0.6 is 0 Å². The zero-order valence-electron chi connectivity index (χ0n) is 17.4. The Morgan fingerprint density at radius 1 is 1.12 bits per heavy atom. The number of sulfonamides is 1. The molecule has 0 unspecified atom stereocenters. The summed E-state index contributed by atoms with van der Waals surface area (Å²) in [5.41, 5.74) is 3.19. The van der Waals surface area contributed by atoms with Crippen molar-refractivity contribution in [2.24, 2.45) is 5.10 Å². The highest BCUT2D eigenvalue weighted by molar-refractivity contribution is 7.89. The van der Waals surface area contributed by atoms with Gasteiger partial charge in [-0.25, -0.2) is 8.42 Å². The summed E-state index contributed by atoms with van der Waals surface area (Å²) in [6.45, 7) is 4.00. The van der Waals surface area contributed by atoms with Crippen molar-refractivity contribution in [1.29, 1.82) is 0 Å². The summed E-state index contributed by atoms with van der Waals surface area (Å²) < 4.78 is 44.2. The van der Waals surface area contributed by atoms with Crippen molar-refractivity contribution >= 4 is 27.6 Å². The van der Waals surface area contributed by atoms with Gasteiger partial charge in [-0.2, -0.15) is 9.41 Å². The lowest BCUT2D eigenvalue weighted by atomic mass is 10.2. The van der Waals surface area contributed by atoms with Crippen molar-refractivity contribution in [3.63, 3.8) is 0 Å². The molecule has 170 valence electrons. The first-order chi connectivity index (χ1) is 15.2. The number of nitro benzene ring substituents is 1.